The average molecular weight is 524 g/mol. The molecule has 0 unspecified atom stereocenters. The fourth-order valence-corrected chi connectivity index (χ4v) is 5.31. The van der Waals surface area contributed by atoms with Crippen LogP contribution in [0.5, 0.6) is 11.5 Å². The smallest absolute Gasteiger partial charge is 0.261 e. The molecule has 4 aromatic rings. The van der Waals surface area contributed by atoms with Gasteiger partial charge in [0.1, 0.15) is 11.5 Å². The highest BCUT2D eigenvalue weighted by Crippen LogP contribution is 2.31. The van der Waals surface area contributed by atoms with Gasteiger partial charge in [-0.1, -0.05) is 0 Å². The molecule has 36 heavy (non-hydrogen) atoms. The van der Waals surface area contributed by atoms with Crippen LogP contribution in [0.1, 0.15) is 22.2 Å². The zero-order valence-corrected chi connectivity index (χ0v) is 21.6. The van der Waals surface area contributed by atoms with E-state index in [0.717, 1.165) is 21.9 Å². The van der Waals surface area contributed by atoms with Crippen LogP contribution < -0.4 is 19.5 Å². The Labute approximate surface area is 214 Å². The number of thiazole rings is 1. The quantitative estimate of drug-likeness (QED) is 0.297. The summed E-state index contributed by atoms with van der Waals surface area (Å²) in [5, 5.41) is 3.30. The molecule has 0 spiro atoms. The number of hydrogen-bond acceptors (Lipinski definition) is 7. The van der Waals surface area contributed by atoms with Crippen molar-refractivity contribution in [1.82, 2.24) is 4.98 Å². The van der Waals surface area contributed by atoms with Gasteiger partial charge in [0.25, 0.3) is 15.9 Å². The topological polar surface area (TPSA) is 107 Å². The second-order valence-corrected chi connectivity index (χ2v) is 10.6. The number of aryl methyl sites for hydroxylation is 1. The van der Waals surface area contributed by atoms with Gasteiger partial charge in [-0.25, -0.2) is 13.4 Å². The third-order valence-corrected chi connectivity index (χ3v) is 7.51. The van der Waals surface area contributed by atoms with Crippen molar-refractivity contribution in [1.29, 1.82) is 0 Å². The number of hydrogen-bond donors (Lipinski definition) is 2. The lowest BCUT2D eigenvalue weighted by atomic mass is 10.1. The molecule has 1 amide bonds. The van der Waals surface area contributed by atoms with Gasteiger partial charge in [0, 0.05) is 21.7 Å². The zero-order valence-electron chi connectivity index (χ0n) is 19.9. The van der Waals surface area contributed by atoms with Crippen molar-refractivity contribution in [2.75, 3.05) is 23.8 Å². The van der Waals surface area contributed by atoms with Crippen molar-refractivity contribution < 1.29 is 22.7 Å². The van der Waals surface area contributed by atoms with Crippen molar-refractivity contribution in [3.05, 3.63) is 83.2 Å². The summed E-state index contributed by atoms with van der Waals surface area (Å²) in [5.74, 6) is 1.01. The molecule has 0 atom stereocenters. The largest absolute Gasteiger partial charge is 0.497 e. The van der Waals surface area contributed by atoms with Crippen molar-refractivity contribution in [2.24, 2.45) is 0 Å². The monoisotopic (exact) mass is 523 g/mol. The van der Waals surface area contributed by atoms with Gasteiger partial charge in [0.15, 0.2) is 5.13 Å². The molecule has 0 aliphatic rings. The number of carbonyl (C=O) groups is 1. The maximum atomic E-state index is 12.8. The minimum atomic E-state index is -3.78. The van der Waals surface area contributed by atoms with Crippen LogP contribution in [0.15, 0.2) is 77.7 Å². The highest BCUT2D eigenvalue weighted by Gasteiger charge is 2.16. The lowest BCUT2D eigenvalue weighted by Crippen LogP contribution is -2.14. The number of benzene rings is 3. The predicted molar refractivity (Wildman–Crippen MR) is 142 cm³/mol. The third-order valence-electron chi connectivity index (χ3n) is 5.22. The Balaban J connectivity index is 1.42. The highest BCUT2D eigenvalue weighted by atomic mass is 32.2. The number of nitrogens with zero attached hydrogens (tertiary/aromatic N) is 1. The molecule has 0 bridgehead atoms. The van der Waals surface area contributed by atoms with Crippen LogP contribution in [0, 0.1) is 6.92 Å². The van der Waals surface area contributed by atoms with Gasteiger partial charge in [-0.2, -0.15) is 0 Å². The van der Waals surface area contributed by atoms with E-state index in [-0.39, 0.29) is 10.8 Å². The third kappa shape index (κ3) is 5.84. The molecule has 1 aromatic heterocycles. The first-order valence-electron chi connectivity index (χ1n) is 11.1. The Morgan fingerprint density at radius 1 is 0.944 bits per heavy atom. The first-order valence-corrected chi connectivity index (χ1v) is 13.4. The molecule has 0 saturated carbocycles. The molecule has 0 fully saturated rings. The molecule has 10 heteroatoms. The van der Waals surface area contributed by atoms with E-state index in [2.05, 4.69) is 15.0 Å². The Morgan fingerprint density at radius 3 is 2.19 bits per heavy atom. The number of ether oxygens (including phenoxy) is 2. The molecular formula is C26H25N3O5S2. The van der Waals surface area contributed by atoms with E-state index in [1.54, 1.807) is 24.3 Å². The number of sulfonamides is 1. The number of amides is 1. The molecule has 3 aromatic carbocycles. The highest BCUT2D eigenvalue weighted by molar-refractivity contribution is 7.92. The lowest BCUT2D eigenvalue weighted by Gasteiger charge is -2.09. The van der Waals surface area contributed by atoms with Crippen molar-refractivity contribution in [3.8, 4) is 22.8 Å². The number of carbonyl (C=O) groups excluding carboxylic acids is 1. The van der Waals surface area contributed by atoms with Gasteiger partial charge >= 0.3 is 0 Å². The summed E-state index contributed by atoms with van der Waals surface area (Å²) >= 11 is 1.38. The molecule has 0 aliphatic heterocycles. The standard InChI is InChI=1S/C26H25N3O5S2/c1-4-34-22-11-7-18(8-12-22)24-17(2)35-26(27-24)28-25(30)19-5-9-20(10-6-19)29-36(31,32)23-15-13-21(33-3)14-16-23/h5-16,29H,4H2,1-3H3,(H,27,28,30). The number of rotatable bonds is 9. The van der Waals surface area contributed by atoms with Crippen molar-refractivity contribution >= 4 is 38.1 Å². The fourth-order valence-electron chi connectivity index (χ4n) is 3.42. The molecule has 1 heterocycles. The van der Waals surface area contributed by atoms with Crippen LogP contribution in [0.2, 0.25) is 0 Å². The second-order valence-electron chi connectivity index (χ2n) is 7.69. The van der Waals surface area contributed by atoms with E-state index < -0.39 is 10.0 Å². The Kier molecular flexibility index (Phi) is 7.56. The van der Waals surface area contributed by atoms with Gasteiger partial charge in [-0.15, -0.1) is 11.3 Å². The Hall–Kier alpha value is -3.89. The van der Waals surface area contributed by atoms with Gasteiger partial charge in [0.05, 0.1) is 24.3 Å². The van der Waals surface area contributed by atoms with Crippen LogP contribution >= 0.6 is 11.3 Å². The van der Waals surface area contributed by atoms with Crippen LogP contribution in [0.25, 0.3) is 11.3 Å². The normalized spacial score (nSPS) is 11.1. The summed E-state index contributed by atoms with van der Waals surface area (Å²) in [6.45, 7) is 4.48. The van der Waals surface area contributed by atoms with Gasteiger partial charge in [-0.3, -0.25) is 14.8 Å². The Morgan fingerprint density at radius 2 is 1.58 bits per heavy atom. The predicted octanol–water partition coefficient (Wildman–Crippen LogP) is 5.58. The first-order chi connectivity index (χ1) is 17.3. The Bertz CT molecular complexity index is 1450. The SMILES string of the molecule is CCOc1ccc(-c2nc(NC(=O)c3ccc(NS(=O)(=O)c4ccc(OC)cc4)cc3)sc2C)cc1. The van der Waals surface area contributed by atoms with E-state index in [1.165, 1.54) is 42.7 Å². The van der Waals surface area contributed by atoms with Gasteiger partial charge < -0.3 is 9.47 Å². The minimum Gasteiger partial charge on any atom is -0.497 e. The molecule has 186 valence electrons. The maximum Gasteiger partial charge on any atom is 0.261 e. The number of nitrogens with one attached hydrogen (secondary N) is 2. The van der Waals surface area contributed by atoms with Crippen LogP contribution in [-0.4, -0.2) is 33.0 Å². The van der Waals surface area contributed by atoms with Crippen LogP contribution in [0.3, 0.4) is 0 Å². The van der Waals surface area contributed by atoms with Crippen LogP contribution in [0.4, 0.5) is 10.8 Å². The molecule has 0 radical (unpaired) electrons. The molecule has 4 rings (SSSR count). The lowest BCUT2D eigenvalue weighted by molar-refractivity contribution is 0.102. The summed E-state index contributed by atoms with van der Waals surface area (Å²) in [6.07, 6.45) is 0. The summed E-state index contributed by atoms with van der Waals surface area (Å²) in [7, 11) is -2.27. The zero-order chi connectivity index (χ0) is 25.7. The first kappa shape index (κ1) is 25.2. The fraction of sp³-hybridized carbons (Fsp3) is 0.154. The molecular weight excluding hydrogens is 498 g/mol. The van der Waals surface area contributed by atoms with E-state index in [1.807, 2.05) is 38.1 Å². The number of methoxy groups -OCH3 is 1. The van der Waals surface area contributed by atoms with E-state index in [0.29, 0.717) is 28.7 Å². The van der Waals surface area contributed by atoms with E-state index >= 15 is 0 Å². The van der Waals surface area contributed by atoms with Crippen molar-refractivity contribution in [3.63, 3.8) is 0 Å². The second kappa shape index (κ2) is 10.8. The molecule has 8 nitrogen and oxygen atoms in total. The number of anilines is 2. The van der Waals surface area contributed by atoms with E-state index in [9.17, 15) is 13.2 Å². The van der Waals surface area contributed by atoms with Crippen LogP contribution in [-0.2, 0) is 10.0 Å². The molecule has 0 saturated heterocycles. The summed E-state index contributed by atoms with van der Waals surface area (Å²) in [6, 6.07) is 19.9. The summed E-state index contributed by atoms with van der Waals surface area (Å²) in [4.78, 5) is 18.4. The average Bonchev–Trinajstić information content (AvgIpc) is 3.24. The van der Waals surface area contributed by atoms with Gasteiger partial charge in [-0.05, 0) is 86.6 Å². The molecule has 0 aliphatic carbocycles. The number of aromatic nitrogens is 1. The minimum absolute atomic E-state index is 0.104. The van der Waals surface area contributed by atoms with Gasteiger partial charge in [0.2, 0.25) is 0 Å². The summed E-state index contributed by atoms with van der Waals surface area (Å²) < 4.78 is 38.3. The van der Waals surface area contributed by atoms with Crippen molar-refractivity contribution in [2.45, 2.75) is 18.7 Å². The summed E-state index contributed by atoms with van der Waals surface area (Å²) in [5.41, 5.74) is 2.44. The molecule has 2 N–H and O–H groups in total. The van der Waals surface area contributed by atoms with E-state index in [4.69, 9.17) is 9.47 Å². The maximum absolute atomic E-state index is 12.8.